The van der Waals surface area contributed by atoms with Crippen LogP contribution in [-0.2, 0) is 9.53 Å². The monoisotopic (exact) mass is 215 g/mol. The van der Waals surface area contributed by atoms with Crippen LogP contribution in [0.2, 0.25) is 0 Å². The van der Waals surface area contributed by atoms with Gasteiger partial charge in [0.1, 0.15) is 5.60 Å². The predicted octanol–water partition coefficient (Wildman–Crippen LogP) is 0.690. The number of rotatable bonds is 6. The van der Waals surface area contributed by atoms with Gasteiger partial charge in [-0.2, -0.15) is 0 Å². The van der Waals surface area contributed by atoms with Crippen molar-refractivity contribution >= 4 is 5.91 Å². The number of aliphatic hydroxyl groups is 1. The second-order valence-electron chi connectivity index (χ2n) is 4.45. The van der Waals surface area contributed by atoms with Gasteiger partial charge in [-0.1, -0.05) is 20.3 Å². The number of nitrogens with one attached hydrogen (secondary N) is 1. The van der Waals surface area contributed by atoms with E-state index in [1.807, 2.05) is 6.92 Å². The topological polar surface area (TPSA) is 58.6 Å². The van der Waals surface area contributed by atoms with Crippen LogP contribution in [0.3, 0.4) is 0 Å². The smallest absolute Gasteiger partial charge is 0.222 e. The van der Waals surface area contributed by atoms with E-state index in [2.05, 4.69) is 12.2 Å². The average molecular weight is 215 g/mol. The van der Waals surface area contributed by atoms with Gasteiger partial charge in [-0.25, -0.2) is 0 Å². The van der Waals surface area contributed by atoms with E-state index < -0.39 is 5.60 Å². The third kappa shape index (κ3) is 3.80. The molecule has 1 atom stereocenters. The van der Waals surface area contributed by atoms with E-state index in [1.54, 1.807) is 0 Å². The zero-order valence-electron chi connectivity index (χ0n) is 9.58. The standard InChI is InChI=1S/C11H21NO3/c1-3-4-9(2)10(13)12-6-5-11(14)7-15-8-11/h9,14H,3-8H2,1-2H3,(H,12,13). The summed E-state index contributed by atoms with van der Waals surface area (Å²) in [4.78, 5) is 11.5. The SMILES string of the molecule is CCCC(C)C(=O)NCCC1(O)COC1. The molecular formula is C11H21NO3. The van der Waals surface area contributed by atoms with Crippen molar-refractivity contribution < 1.29 is 14.6 Å². The maximum absolute atomic E-state index is 11.5. The van der Waals surface area contributed by atoms with Crippen molar-refractivity contribution in [1.29, 1.82) is 0 Å². The fourth-order valence-corrected chi connectivity index (χ4v) is 1.64. The van der Waals surface area contributed by atoms with Crippen molar-refractivity contribution in [3.05, 3.63) is 0 Å². The molecular weight excluding hydrogens is 194 g/mol. The third-order valence-corrected chi connectivity index (χ3v) is 2.80. The first-order valence-corrected chi connectivity index (χ1v) is 5.65. The quantitative estimate of drug-likeness (QED) is 0.685. The summed E-state index contributed by atoms with van der Waals surface area (Å²) < 4.78 is 4.92. The van der Waals surface area contributed by atoms with Crippen molar-refractivity contribution in [2.75, 3.05) is 19.8 Å². The second-order valence-corrected chi connectivity index (χ2v) is 4.45. The Morgan fingerprint density at radius 2 is 2.27 bits per heavy atom. The number of carbonyl (C=O) groups excluding carboxylic acids is 1. The van der Waals surface area contributed by atoms with Gasteiger partial charge in [0.15, 0.2) is 0 Å². The number of hydrogen-bond donors (Lipinski definition) is 2. The van der Waals surface area contributed by atoms with E-state index in [4.69, 9.17) is 4.74 Å². The van der Waals surface area contributed by atoms with Crippen LogP contribution in [0.25, 0.3) is 0 Å². The van der Waals surface area contributed by atoms with E-state index in [0.717, 1.165) is 12.8 Å². The molecule has 1 amide bonds. The lowest BCUT2D eigenvalue weighted by Gasteiger charge is -2.36. The van der Waals surface area contributed by atoms with E-state index >= 15 is 0 Å². The van der Waals surface area contributed by atoms with E-state index in [1.165, 1.54) is 0 Å². The predicted molar refractivity (Wildman–Crippen MR) is 57.5 cm³/mol. The molecule has 1 aliphatic rings. The molecule has 0 radical (unpaired) electrons. The van der Waals surface area contributed by atoms with Gasteiger partial charge in [0.2, 0.25) is 5.91 Å². The summed E-state index contributed by atoms with van der Waals surface area (Å²) in [6.45, 7) is 5.33. The molecule has 88 valence electrons. The Morgan fingerprint density at radius 1 is 1.60 bits per heavy atom. The normalized spacial score (nSPS) is 20.5. The molecule has 0 saturated carbocycles. The Morgan fingerprint density at radius 3 is 2.73 bits per heavy atom. The highest BCUT2D eigenvalue weighted by Crippen LogP contribution is 2.19. The maximum atomic E-state index is 11.5. The first kappa shape index (κ1) is 12.5. The summed E-state index contributed by atoms with van der Waals surface area (Å²) in [5, 5.41) is 12.5. The minimum atomic E-state index is -0.693. The Hall–Kier alpha value is -0.610. The Bertz CT molecular complexity index is 214. The van der Waals surface area contributed by atoms with Crippen LogP contribution in [0.1, 0.15) is 33.1 Å². The minimum Gasteiger partial charge on any atom is -0.385 e. The first-order valence-electron chi connectivity index (χ1n) is 5.65. The van der Waals surface area contributed by atoms with Gasteiger partial charge in [0.05, 0.1) is 13.2 Å². The van der Waals surface area contributed by atoms with Crippen LogP contribution in [-0.4, -0.2) is 36.4 Å². The van der Waals surface area contributed by atoms with Gasteiger partial charge in [0.25, 0.3) is 0 Å². The lowest BCUT2D eigenvalue weighted by atomic mass is 9.98. The molecule has 1 fully saturated rings. The molecule has 1 unspecified atom stereocenters. The second kappa shape index (κ2) is 5.47. The molecule has 0 bridgehead atoms. The van der Waals surface area contributed by atoms with Gasteiger partial charge in [-0.05, 0) is 12.8 Å². The lowest BCUT2D eigenvalue weighted by molar-refractivity contribution is -0.180. The van der Waals surface area contributed by atoms with Gasteiger partial charge in [-0.3, -0.25) is 4.79 Å². The van der Waals surface area contributed by atoms with E-state index in [-0.39, 0.29) is 11.8 Å². The van der Waals surface area contributed by atoms with Crippen molar-refractivity contribution in [2.24, 2.45) is 5.92 Å². The molecule has 1 heterocycles. The molecule has 1 aliphatic heterocycles. The molecule has 0 spiro atoms. The van der Waals surface area contributed by atoms with Crippen LogP contribution < -0.4 is 5.32 Å². The van der Waals surface area contributed by atoms with Crippen molar-refractivity contribution in [1.82, 2.24) is 5.32 Å². The zero-order chi connectivity index (χ0) is 11.3. The molecule has 1 rings (SSSR count). The number of carbonyl (C=O) groups is 1. The summed E-state index contributed by atoms with van der Waals surface area (Å²) in [5.41, 5.74) is -0.693. The summed E-state index contributed by atoms with van der Waals surface area (Å²) in [6, 6.07) is 0. The molecule has 4 heteroatoms. The number of amides is 1. The van der Waals surface area contributed by atoms with Crippen LogP contribution in [0.5, 0.6) is 0 Å². The lowest BCUT2D eigenvalue weighted by Crippen LogP contribution is -2.51. The number of ether oxygens (including phenoxy) is 1. The van der Waals surface area contributed by atoms with Gasteiger partial charge < -0.3 is 15.2 Å². The van der Waals surface area contributed by atoms with Crippen molar-refractivity contribution in [3.8, 4) is 0 Å². The van der Waals surface area contributed by atoms with Crippen LogP contribution >= 0.6 is 0 Å². The molecule has 0 aromatic carbocycles. The fourth-order valence-electron chi connectivity index (χ4n) is 1.64. The summed E-state index contributed by atoms with van der Waals surface area (Å²) in [7, 11) is 0. The Labute approximate surface area is 91.0 Å². The van der Waals surface area contributed by atoms with Crippen LogP contribution in [0.15, 0.2) is 0 Å². The average Bonchev–Trinajstić information content (AvgIpc) is 2.15. The summed E-state index contributed by atoms with van der Waals surface area (Å²) >= 11 is 0. The van der Waals surface area contributed by atoms with E-state index in [9.17, 15) is 9.90 Å². The molecule has 2 N–H and O–H groups in total. The largest absolute Gasteiger partial charge is 0.385 e. The summed E-state index contributed by atoms with van der Waals surface area (Å²) in [5.74, 6) is 0.156. The van der Waals surface area contributed by atoms with Gasteiger partial charge in [0, 0.05) is 12.5 Å². The van der Waals surface area contributed by atoms with Crippen LogP contribution in [0, 0.1) is 5.92 Å². The maximum Gasteiger partial charge on any atom is 0.222 e. The van der Waals surface area contributed by atoms with Crippen molar-refractivity contribution in [2.45, 2.75) is 38.7 Å². The molecule has 0 aromatic rings. The van der Waals surface area contributed by atoms with Crippen LogP contribution in [0.4, 0.5) is 0 Å². The van der Waals surface area contributed by atoms with E-state index in [0.29, 0.717) is 26.2 Å². The molecule has 1 saturated heterocycles. The highest BCUT2D eigenvalue weighted by Gasteiger charge is 2.35. The minimum absolute atomic E-state index is 0.0716. The molecule has 0 aliphatic carbocycles. The summed E-state index contributed by atoms with van der Waals surface area (Å²) in [6.07, 6.45) is 2.52. The molecule has 15 heavy (non-hydrogen) atoms. The van der Waals surface area contributed by atoms with Gasteiger partial charge in [-0.15, -0.1) is 0 Å². The molecule has 0 aromatic heterocycles. The Balaban J connectivity index is 2.11. The van der Waals surface area contributed by atoms with Crippen molar-refractivity contribution in [3.63, 3.8) is 0 Å². The highest BCUT2D eigenvalue weighted by molar-refractivity contribution is 5.78. The first-order chi connectivity index (χ1) is 7.07. The Kier molecular flexibility index (Phi) is 4.54. The number of hydrogen-bond acceptors (Lipinski definition) is 3. The zero-order valence-corrected chi connectivity index (χ0v) is 9.58. The fraction of sp³-hybridized carbons (Fsp3) is 0.909. The molecule has 4 nitrogen and oxygen atoms in total. The third-order valence-electron chi connectivity index (χ3n) is 2.80. The van der Waals surface area contributed by atoms with Gasteiger partial charge >= 0.3 is 0 Å². The highest BCUT2D eigenvalue weighted by atomic mass is 16.5.